The Labute approximate surface area is 73.1 Å². The largest absolute Gasteiger partial charge is 0.465 e. The maximum atomic E-state index is 10.3. The van der Waals surface area contributed by atoms with E-state index in [-0.39, 0.29) is 5.54 Å². The van der Waals surface area contributed by atoms with Gasteiger partial charge in [0.1, 0.15) is 0 Å². The Hall–Kier alpha value is -0.770. The van der Waals surface area contributed by atoms with E-state index in [1.165, 1.54) is 0 Å². The number of carboxylic acid groups (broad SMARTS) is 1. The Bertz CT molecular complexity index is 146. The number of hydrogen-bond acceptors (Lipinski definition) is 2. The van der Waals surface area contributed by atoms with E-state index in [9.17, 15) is 4.79 Å². The fourth-order valence-electron chi connectivity index (χ4n) is 1.06. The first-order valence-corrected chi connectivity index (χ1v) is 4.19. The van der Waals surface area contributed by atoms with E-state index in [1.807, 2.05) is 13.8 Å². The summed E-state index contributed by atoms with van der Waals surface area (Å²) in [6.07, 6.45) is 1.78. The fourth-order valence-corrected chi connectivity index (χ4v) is 1.06. The first kappa shape index (κ1) is 11.2. The molecule has 0 aliphatic heterocycles. The van der Waals surface area contributed by atoms with Crippen LogP contribution in [0.4, 0.5) is 4.79 Å². The third-order valence-electron chi connectivity index (χ3n) is 1.70. The summed E-state index contributed by atoms with van der Waals surface area (Å²) in [7, 11) is 0. The summed E-state index contributed by atoms with van der Waals surface area (Å²) in [6, 6.07) is 0. The third-order valence-corrected chi connectivity index (χ3v) is 1.70. The molecule has 0 heterocycles. The van der Waals surface area contributed by atoms with Crippen molar-refractivity contribution >= 4 is 6.09 Å². The highest BCUT2D eigenvalue weighted by molar-refractivity contribution is 5.65. The summed E-state index contributed by atoms with van der Waals surface area (Å²) in [6.45, 7) is 4.42. The molecule has 0 atom stereocenters. The van der Waals surface area contributed by atoms with Gasteiger partial charge in [0.2, 0.25) is 0 Å². The van der Waals surface area contributed by atoms with Gasteiger partial charge in [-0.15, -0.1) is 0 Å². The quantitative estimate of drug-likeness (QED) is 0.547. The van der Waals surface area contributed by atoms with Crippen molar-refractivity contribution in [3.05, 3.63) is 0 Å². The van der Waals surface area contributed by atoms with Gasteiger partial charge in [0.15, 0.2) is 0 Å². The van der Waals surface area contributed by atoms with Crippen LogP contribution in [0.3, 0.4) is 0 Å². The number of rotatable bonds is 5. The van der Waals surface area contributed by atoms with E-state index in [0.29, 0.717) is 6.54 Å². The molecule has 0 rings (SSSR count). The minimum Gasteiger partial charge on any atom is -0.465 e. The standard InChI is InChI=1S/C8H18N2O2/c1-8(2,10-7(11)12)5-3-4-6-9/h10H,3-6,9H2,1-2H3,(H,11,12). The molecular formula is C8H18N2O2. The lowest BCUT2D eigenvalue weighted by atomic mass is 9.97. The van der Waals surface area contributed by atoms with Gasteiger partial charge in [-0.05, 0) is 39.7 Å². The molecule has 0 radical (unpaired) electrons. The second-order valence-corrected chi connectivity index (χ2v) is 3.56. The zero-order chi connectivity index (χ0) is 9.61. The Morgan fingerprint density at radius 3 is 2.50 bits per heavy atom. The van der Waals surface area contributed by atoms with Crippen molar-refractivity contribution in [2.24, 2.45) is 5.73 Å². The topological polar surface area (TPSA) is 75.3 Å². The van der Waals surface area contributed by atoms with Crippen molar-refractivity contribution < 1.29 is 9.90 Å². The minimum absolute atomic E-state index is 0.332. The van der Waals surface area contributed by atoms with Crippen LogP contribution in [-0.2, 0) is 0 Å². The van der Waals surface area contributed by atoms with Crippen molar-refractivity contribution in [2.75, 3.05) is 6.54 Å². The normalized spacial score (nSPS) is 11.2. The second kappa shape index (κ2) is 4.98. The monoisotopic (exact) mass is 174 g/mol. The Morgan fingerprint density at radius 1 is 1.50 bits per heavy atom. The van der Waals surface area contributed by atoms with Crippen LogP contribution in [0.15, 0.2) is 0 Å². The van der Waals surface area contributed by atoms with E-state index in [0.717, 1.165) is 19.3 Å². The summed E-state index contributed by atoms with van der Waals surface area (Å²) in [5, 5.41) is 10.9. The molecule has 0 aliphatic rings. The van der Waals surface area contributed by atoms with E-state index in [2.05, 4.69) is 5.32 Å². The predicted octanol–water partition coefficient (Wildman–Crippen LogP) is 1.16. The molecule has 0 aromatic carbocycles. The molecule has 0 unspecified atom stereocenters. The highest BCUT2D eigenvalue weighted by atomic mass is 16.4. The van der Waals surface area contributed by atoms with Gasteiger partial charge in [0.25, 0.3) is 0 Å². The minimum atomic E-state index is -0.965. The zero-order valence-electron chi connectivity index (χ0n) is 7.76. The second-order valence-electron chi connectivity index (χ2n) is 3.56. The third kappa shape index (κ3) is 5.97. The molecule has 0 aromatic heterocycles. The first-order valence-electron chi connectivity index (χ1n) is 4.19. The van der Waals surface area contributed by atoms with Crippen LogP contribution < -0.4 is 11.1 Å². The maximum Gasteiger partial charge on any atom is 0.405 e. The molecule has 1 amide bonds. The Morgan fingerprint density at radius 2 is 2.08 bits per heavy atom. The molecule has 72 valence electrons. The molecule has 4 heteroatoms. The van der Waals surface area contributed by atoms with E-state index in [1.54, 1.807) is 0 Å². The number of amides is 1. The molecular weight excluding hydrogens is 156 g/mol. The van der Waals surface area contributed by atoms with Crippen LogP contribution >= 0.6 is 0 Å². The van der Waals surface area contributed by atoms with Gasteiger partial charge in [-0.3, -0.25) is 0 Å². The van der Waals surface area contributed by atoms with Gasteiger partial charge >= 0.3 is 6.09 Å². The first-order chi connectivity index (χ1) is 5.48. The molecule has 12 heavy (non-hydrogen) atoms. The smallest absolute Gasteiger partial charge is 0.405 e. The molecule has 0 aliphatic carbocycles. The number of unbranched alkanes of at least 4 members (excludes halogenated alkanes) is 1. The van der Waals surface area contributed by atoms with Crippen LogP contribution in [0.5, 0.6) is 0 Å². The lowest BCUT2D eigenvalue weighted by Gasteiger charge is -2.24. The van der Waals surface area contributed by atoms with Gasteiger partial charge in [-0.2, -0.15) is 0 Å². The zero-order valence-corrected chi connectivity index (χ0v) is 7.76. The van der Waals surface area contributed by atoms with Crippen molar-refractivity contribution in [1.29, 1.82) is 0 Å². The summed E-state index contributed by atoms with van der Waals surface area (Å²) in [4.78, 5) is 10.3. The maximum absolute atomic E-state index is 10.3. The summed E-state index contributed by atoms with van der Waals surface area (Å²) < 4.78 is 0. The average molecular weight is 174 g/mol. The van der Waals surface area contributed by atoms with E-state index in [4.69, 9.17) is 10.8 Å². The van der Waals surface area contributed by atoms with Crippen LogP contribution in [0.2, 0.25) is 0 Å². The molecule has 0 bridgehead atoms. The molecule has 0 aromatic rings. The van der Waals surface area contributed by atoms with E-state index < -0.39 is 6.09 Å². The lowest BCUT2D eigenvalue weighted by molar-refractivity contribution is 0.180. The van der Waals surface area contributed by atoms with Gasteiger partial charge in [0, 0.05) is 5.54 Å². The summed E-state index contributed by atoms with van der Waals surface area (Å²) in [5.74, 6) is 0. The number of nitrogens with one attached hydrogen (secondary N) is 1. The predicted molar refractivity (Wildman–Crippen MR) is 48.1 cm³/mol. The average Bonchev–Trinajstić information content (AvgIpc) is 1.84. The molecule has 4 N–H and O–H groups in total. The lowest BCUT2D eigenvalue weighted by Crippen LogP contribution is -2.42. The van der Waals surface area contributed by atoms with Gasteiger partial charge < -0.3 is 16.2 Å². The Kier molecular flexibility index (Phi) is 4.66. The van der Waals surface area contributed by atoms with Gasteiger partial charge in [0.05, 0.1) is 0 Å². The van der Waals surface area contributed by atoms with Crippen LogP contribution in [0.25, 0.3) is 0 Å². The number of nitrogens with two attached hydrogens (primary N) is 1. The summed E-state index contributed by atoms with van der Waals surface area (Å²) in [5.41, 5.74) is 4.99. The van der Waals surface area contributed by atoms with Crippen LogP contribution in [-0.4, -0.2) is 23.3 Å². The molecule has 0 fully saturated rings. The number of carbonyl (C=O) groups is 1. The molecule has 0 saturated carbocycles. The van der Waals surface area contributed by atoms with Gasteiger partial charge in [-0.1, -0.05) is 0 Å². The highest BCUT2D eigenvalue weighted by Crippen LogP contribution is 2.11. The van der Waals surface area contributed by atoms with Crippen molar-refractivity contribution in [1.82, 2.24) is 5.32 Å². The molecule has 4 nitrogen and oxygen atoms in total. The Balaban J connectivity index is 3.63. The van der Waals surface area contributed by atoms with E-state index >= 15 is 0 Å². The van der Waals surface area contributed by atoms with Gasteiger partial charge in [-0.25, -0.2) is 4.79 Å². The SMILES string of the molecule is CC(C)(CCCCN)NC(=O)O. The van der Waals surface area contributed by atoms with Crippen molar-refractivity contribution in [2.45, 2.75) is 38.6 Å². The highest BCUT2D eigenvalue weighted by Gasteiger charge is 2.18. The number of hydrogen-bond donors (Lipinski definition) is 3. The molecule has 0 saturated heterocycles. The van der Waals surface area contributed by atoms with Crippen molar-refractivity contribution in [3.8, 4) is 0 Å². The summed E-state index contributed by atoms with van der Waals surface area (Å²) >= 11 is 0. The van der Waals surface area contributed by atoms with Crippen LogP contribution in [0, 0.1) is 0 Å². The fraction of sp³-hybridized carbons (Fsp3) is 0.875. The molecule has 0 spiro atoms. The van der Waals surface area contributed by atoms with Crippen LogP contribution in [0.1, 0.15) is 33.1 Å². The van der Waals surface area contributed by atoms with Crippen molar-refractivity contribution in [3.63, 3.8) is 0 Å².